The molecule has 0 amide bonds. The molecule has 3 aromatic heterocycles. The highest BCUT2D eigenvalue weighted by molar-refractivity contribution is 6.19. The van der Waals surface area contributed by atoms with E-state index in [4.69, 9.17) is 24.4 Å². The fourth-order valence-electron chi connectivity index (χ4n) is 7.12. The van der Waals surface area contributed by atoms with Crippen molar-refractivity contribution in [2.75, 3.05) is 0 Å². The molecule has 9 aromatic rings. The minimum absolute atomic E-state index is 0.640. The molecule has 0 unspecified atom stereocenters. The van der Waals surface area contributed by atoms with Crippen molar-refractivity contribution in [3.8, 4) is 56.4 Å². The van der Waals surface area contributed by atoms with E-state index >= 15 is 0 Å². The minimum atomic E-state index is 0.640. The standard InChI is InChI=1S/C43H26N4O/c1-3-10-27(11-4-1)41-45-42(28-12-5-2-6-13-28)47-43(46-41)35-21-22-44-36-24-31-23-29(15-18-33(31)39(35)36)30-16-19-34-38(25-30)48-37-20-17-26-9-7-8-14-32(26)40(34)37/h1-23,25H,24H2. The summed E-state index contributed by atoms with van der Waals surface area (Å²) in [4.78, 5) is 19.8. The van der Waals surface area contributed by atoms with Gasteiger partial charge in [0.1, 0.15) is 11.2 Å². The number of furan rings is 1. The first kappa shape index (κ1) is 26.7. The van der Waals surface area contributed by atoms with Crippen LogP contribution in [0.3, 0.4) is 0 Å². The maximum atomic E-state index is 6.38. The highest BCUT2D eigenvalue weighted by Crippen LogP contribution is 2.44. The van der Waals surface area contributed by atoms with E-state index in [0.29, 0.717) is 17.5 Å². The van der Waals surface area contributed by atoms with Crippen LogP contribution in [0.4, 0.5) is 0 Å². The van der Waals surface area contributed by atoms with Crippen LogP contribution in [0.15, 0.2) is 150 Å². The summed E-state index contributed by atoms with van der Waals surface area (Å²) in [6, 6.07) is 48.1. The molecule has 1 aliphatic carbocycles. The fraction of sp³-hybridized carbons (Fsp3) is 0.0233. The van der Waals surface area contributed by atoms with E-state index in [-0.39, 0.29) is 0 Å². The summed E-state index contributed by atoms with van der Waals surface area (Å²) in [6.45, 7) is 0. The minimum Gasteiger partial charge on any atom is -0.456 e. The molecule has 5 nitrogen and oxygen atoms in total. The Labute approximate surface area is 276 Å². The lowest BCUT2D eigenvalue weighted by Crippen LogP contribution is -2.01. The molecule has 0 spiro atoms. The second-order valence-corrected chi connectivity index (χ2v) is 12.2. The van der Waals surface area contributed by atoms with E-state index in [1.807, 2.05) is 72.9 Å². The van der Waals surface area contributed by atoms with Crippen molar-refractivity contribution in [3.63, 3.8) is 0 Å². The largest absolute Gasteiger partial charge is 0.456 e. The van der Waals surface area contributed by atoms with Crippen LogP contribution in [0.5, 0.6) is 0 Å². The first-order valence-electron chi connectivity index (χ1n) is 16.1. The number of nitrogens with zero attached hydrogens (tertiary/aromatic N) is 4. The Morgan fingerprint density at radius 3 is 1.96 bits per heavy atom. The molecule has 3 heterocycles. The van der Waals surface area contributed by atoms with Gasteiger partial charge in [0.05, 0.1) is 5.69 Å². The highest BCUT2D eigenvalue weighted by Gasteiger charge is 2.26. The average Bonchev–Trinajstić information content (AvgIpc) is 3.73. The first-order chi connectivity index (χ1) is 23.8. The van der Waals surface area contributed by atoms with Gasteiger partial charge in [0.25, 0.3) is 0 Å². The van der Waals surface area contributed by atoms with Crippen molar-refractivity contribution < 1.29 is 4.42 Å². The van der Waals surface area contributed by atoms with Crippen molar-refractivity contribution in [3.05, 3.63) is 157 Å². The van der Waals surface area contributed by atoms with Crippen molar-refractivity contribution in [2.24, 2.45) is 0 Å². The number of rotatable bonds is 4. The normalized spacial score (nSPS) is 12.1. The summed E-state index contributed by atoms with van der Waals surface area (Å²) < 4.78 is 6.38. The first-order valence-corrected chi connectivity index (χ1v) is 16.1. The summed E-state index contributed by atoms with van der Waals surface area (Å²) in [7, 11) is 0. The number of hydrogen-bond acceptors (Lipinski definition) is 5. The molecule has 10 rings (SSSR count). The Bertz CT molecular complexity index is 2640. The average molecular weight is 615 g/mol. The molecule has 5 heteroatoms. The van der Waals surface area contributed by atoms with Gasteiger partial charge < -0.3 is 4.42 Å². The molecule has 0 atom stereocenters. The zero-order valence-electron chi connectivity index (χ0n) is 25.8. The molecular weight excluding hydrogens is 589 g/mol. The molecule has 0 saturated heterocycles. The van der Waals surface area contributed by atoms with Crippen LogP contribution in [0.25, 0.3) is 89.1 Å². The van der Waals surface area contributed by atoms with Crippen molar-refractivity contribution in [2.45, 2.75) is 6.42 Å². The molecular formula is C43H26N4O. The maximum absolute atomic E-state index is 6.38. The van der Waals surface area contributed by atoms with Crippen LogP contribution in [0, 0.1) is 0 Å². The lowest BCUT2D eigenvalue weighted by molar-refractivity contribution is 0.669. The SMILES string of the molecule is c1ccc(-c2nc(-c3ccccc3)nc(-c3ccnc4c3-c3ccc(-c5ccc6c(c5)oc5ccc7ccccc7c56)cc3C4)n2)cc1. The molecule has 1 aliphatic rings. The quantitative estimate of drug-likeness (QED) is 0.197. The van der Waals surface area contributed by atoms with Gasteiger partial charge >= 0.3 is 0 Å². The smallest absolute Gasteiger partial charge is 0.164 e. The Morgan fingerprint density at radius 2 is 1.17 bits per heavy atom. The Balaban J connectivity index is 1.08. The summed E-state index contributed by atoms with van der Waals surface area (Å²) in [5, 5.41) is 4.73. The van der Waals surface area contributed by atoms with Crippen LogP contribution in [-0.2, 0) is 6.42 Å². The lowest BCUT2D eigenvalue weighted by Gasteiger charge is -2.12. The van der Waals surface area contributed by atoms with Crippen molar-refractivity contribution >= 4 is 32.7 Å². The molecule has 0 saturated carbocycles. The van der Waals surface area contributed by atoms with Crippen LogP contribution in [-0.4, -0.2) is 19.9 Å². The third kappa shape index (κ3) is 4.25. The second kappa shape index (κ2) is 10.5. The third-order valence-corrected chi connectivity index (χ3v) is 9.40. The number of benzene rings is 6. The van der Waals surface area contributed by atoms with Gasteiger partial charge in [0, 0.05) is 45.6 Å². The van der Waals surface area contributed by atoms with E-state index in [2.05, 4.69) is 72.8 Å². The van der Waals surface area contributed by atoms with Crippen LogP contribution in [0.1, 0.15) is 11.3 Å². The van der Waals surface area contributed by atoms with Crippen LogP contribution in [0.2, 0.25) is 0 Å². The number of hydrogen-bond donors (Lipinski definition) is 0. The topological polar surface area (TPSA) is 64.7 Å². The van der Waals surface area contributed by atoms with Gasteiger partial charge in [-0.15, -0.1) is 0 Å². The number of aromatic nitrogens is 4. The molecule has 0 N–H and O–H groups in total. The van der Waals surface area contributed by atoms with Gasteiger partial charge in [0.15, 0.2) is 17.5 Å². The summed E-state index contributed by atoms with van der Waals surface area (Å²) in [6.07, 6.45) is 2.61. The van der Waals surface area contributed by atoms with Gasteiger partial charge in [-0.05, 0) is 57.3 Å². The van der Waals surface area contributed by atoms with Gasteiger partial charge in [-0.3, -0.25) is 4.98 Å². The monoisotopic (exact) mass is 614 g/mol. The fourth-order valence-corrected chi connectivity index (χ4v) is 7.12. The molecule has 0 bridgehead atoms. The number of pyridine rings is 1. The van der Waals surface area contributed by atoms with E-state index in [1.165, 1.54) is 21.7 Å². The third-order valence-electron chi connectivity index (χ3n) is 9.40. The molecule has 224 valence electrons. The Kier molecular flexibility index (Phi) is 5.87. The van der Waals surface area contributed by atoms with Crippen LogP contribution < -0.4 is 0 Å². The number of fused-ring (bicyclic) bond motifs is 8. The highest BCUT2D eigenvalue weighted by atomic mass is 16.3. The van der Waals surface area contributed by atoms with E-state index in [1.54, 1.807) is 0 Å². The second-order valence-electron chi connectivity index (χ2n) is 12.2. The summed E-state index contributed by atoms with van der Waals surface area (Å²) >= 11 is 0. The van der Waals surface area contributed by atoms with E-state index < -0.39 is 0 Å². The van der Waals surface area contributed by atoms with E-state index in [0.717, 1.165) is 67.6 Å². The molecule has 0 radical (unpaired) electrons. The van der Waals surface area contributed by atoms with Crippen LogP contribution >= 0.6 is 0 Å². The predicted octanol–water partition coefficient (Wildman–Crippen LogP) is 10.6. The predicted molar refractivity (Wildman–Crippen MR) is 192 cm³/mol. The summed E-state index contributed by atoms with van der Waals surface area (Å²) in [5.74, 6) is 1.93. The molecule has 48 heavy (non-hydrogen) atoms. The van der Waals surface area contributed by atoms with Crippen molar-refractivity contribution in [1.82, 2.24) is 19.9 Å². The zero-order chi connectivity index (χ0) is 31.6. The van der Waals surface area contributed by atoms with Gasteiger partial charge in [-0.2, -0.15) is 0 Å². The van der Waals surface area contributed by atoms with Gasteiger partial charge in [-0.25, -0.2) is 15.0 Å². The van der Waals surface area contributed by atoms with E-state index in [9.17, 15) is 0 Å². The molecule has 6 aromatic carbocycles. The Hall–Kier alpha value is -6.46. The van der Waals surface area contributed by atoms with Gasteiger partial charge in [0.2, 0.25) is 0 Å². The lowest BCUT2D eigenvalue weighted by atomic mass is 9.96. The maximum Gasteiger partial charge on any atom is 0.164 e. The molecule has 0 fully saturated rings. The van der Waals surface area contributed by atoms with Crippen molar-refractivity contribution in [1.29, 1.82) is 0 Å². The zero-order valence-corrected chi connectivity index (χ0v) is 25.8. The molecule has 0 aliphatic heterocycles. The Morgan fingerprint density at radius 1 is 0.479 bits per heavy atom. The van der Waals surface area contributed by atoms with Gasteiger partial charge in [-0.1, -0.05) is 115 Å². The summed E-state index contributed by atoms with van der Waals surface area (Å²) in [5.41, 5.74) is 11.4.